The number of amides is 3. The summed E-state index contributed by atoms with van der Waals surface area (Å²) < 4.78 is 0. The zero-order chi connectivity index (χ0) is 15.0. The third kappa shape index (κ3) is 6.54. The molecule has 6 heteroatoms. The molecule has 1 aliphatic rings. The SMILES string of the molecule is CC1CCCN(C(=O)NC(=O)CCCCC(=O)O)CC1. The first-order valence-electron chi connectivity index (χ1n) is 7.29. The second-order valence-corrected chi connectivity index (χ2v) is 5.48. The Bertz CT molecular complexity index is 357. The van der Waals surface area contributed by atoms with Crippen LogP contribution in [0.3, 0.4) is 0 Å². The van der Waals surface area contributed by atoms with Gasteiger partial charge < -0.3 is 10.0 Å². The van der Waals surface area contributed by atoms with Crippen molar-refractivity contribution in [2.75, 3.05) is 13.1 Å². The van der Waals surface area contributed by atoms with Gasteiger partial charge in [-0.25, -0.2) is 4.79 Å². The number of rotatable bonds is 5. The van der Waals surface area contributed by atoms with Crippen molar-refractivity contribution in [2.24, 2.45) is 5.92 Å². The molecule has 0 aromatic carbocycles. The number of carboxylic acids is 1. The molecule has 1 saturated heterocycles. The largest absolute Gasteiger partial charge is 0.481 e. The maximum absolute atomic E-state index is 11.9. The number of carboxylic acid groups (broad SMARTS) is 1. The summed E-state index contributed by atoms with van der Waals surface area (Å²) in [4.78, 5) is 35.5. The Morgan fingerprint density at radius 1 is 1.15 bits per heavy atom. The van der Waals surface area contributed by atoms with Gasteiger partial charge in [0.2, 0.25) is 5.91 Å². The smallest absolute Gasteiger partial charge is 0.324 e. The number of hydrogen-bond donors (Lipinski definition) is 2. The number of unbranched alkanes of at least 4 members (excludes halogenated alkanes) is 1. The molecule has 1 heterocycles. The average molecular weight is 284 g/mol. The third-order valence-electron chi connectivity index (χ3n) is 3.59. The van der Waals surface area contributed by atoms with E-state index in [1.165, 1.54) is 0 Å². The number of hydrogen-bond acceptors (Lipinski definition) is 3. The van der Waals surface area contributed by atoms with Gasteiger partial charge in [-0.1, -0.05) is 6.92 Å². The van der Waals surface area contributed by atoms with Gasteiger partial charge in [0.05, 0.1) is 0 Å². The maximum Gasteiger partial charge on any atom is 0.324 e. The number of nitrogens with zero attached hydrogens (tertiary/aromatic N) is 1. The molecule has 2 N–H and O–H groups in total. The quantitative estimate of drug-likeness (QED) is 0.756. The van der Waals surface area contributed by atoms with E-state index in [0.29, 0.717) is 31.8 Å². The first-order chi connectivity index (χ1) is 9.49. The summed E-state index contributed by atoms with van der Waals surface area (Å²) >= 11 is 0. The van der Waals surface area contributed by atoms with E-state index in [-0.39, 0.29) is 24.8 Å². The van der Waals surface area contributed by atoms with Crippen LogP contribution < -0.4 is 5.32 Å². The van der Waals surface area contributed by atoms with Crippen LogP contribution in [0, 0.1) is 5.92 Å². The highest BCUT2D eigenvalue weighted by atomic mass is 16.4. The van der Waals surface area contributed by atoms with Gasteiger partial charge in [0.15, 0.2) is 0 Å². The van der Waals surface area contributed by atoms with Crippen LogP contribution in [0.15, 0.2) is 0 Å². The van der Waals surface area contributed by atoms with E-state index in [0.717, 1.165) is 19.3 Å². The minimum atomic E-state index is -0.861. The lowest BCUT2D eigenvalue weighted by Crippen LogP contribution is -2.43. The van der Waals surface area contributed by atoms with E-state index in [1.807, 2.05) is 0 Å². The second kappa shape index (κ2) is 8.55. The highest BCUT2D eigenvalue weighted by Crippen LogP contribution is 2.16. The molecule has 1 fully saturated rings. The van der Waals surface area contributed by atoms with Crippen LogP contribution in [0.2, 0.25) is 0 Å². The Balaban J connectivity index is 2.23. The number of carbonyl (C=O) groups excluding carboxylic acids is 2. The highest BCUT2D eigenvalue weighted by molar-refractivity contribution is 5.94. The predicted octanol–water partition coefficient (Wildman–Crippen LogP) is 1.99. The highest BCUT2D eigenvalue weighted by Gasteiger charge is 2.19. The molecule has 20 heavy (non-hydrogen) atoms. The van der Waals surface area contributed by atoms with Crippen LogP contribution in [-0.4, -0.2) is 41.0 Å². The van der Waals surface area contributed by atoms with E-state index in [9.17, 15) is 14.4 Å². The third-order valence-corrected chi connectivity index (χ3v) is 3.59. The lowest BCUT2D eigenvalue weighted by molar-refractivity contribution is -0.137. The lowest BCUT2D eigenvalue weighted by atomic mass is 10.0. The molecule has 0 bridgehead atoms. The molecule has 6 nitrogen and oxygen atoms in total. The van der Waals surface area contributed by atoms with Gasteiger partial charge in [-0.2, -0.15) is 0 Å². The van der Waals surface area contributed by atoms with E-state index in [4.69, 9.17) is 5.11 Å². The minimum absolute atomic E-state index is 0.0608. The van der Waals surface area contributed by atoms with Crippen molar-refractivity contribution in [1.82, 2.24) is 10.2 Å². The van der Waals surface area contributed by atoms with Crippen LogP contribution in [0.4, 0.5) is 4.79 Å². The van der Waals surface area contributed by atoms with Gasteiger partial charge in [0.1, 0.15) is 0 Å². The first-order valence-corrected chi connectivity index (χ1v) is 7.29. The topological polar surface area (TPSA) is 86.7 Å². The number of urea groups is 1. The number of likely N-dealkylation sites (tertiary alicyclic amines) is 1. The van der Waals surface area contributed by atoms with Crippen molar-refractivity contribution < 1.29 is 19.5 Å². The Hall–Kier alpha value is -1.59. The van der Waals surface area contributed by atoms with E-state index in [2.05, 4.69) is 12.2 Å². The van der Waals surface area contributed by atoms with Gasteiger partial charge in [0.25, 0.3) is 0 Å². The Labute approximate surface area is 119 Å². The number of nitrogens with one attached hydrogen (secondary N) is 1. The fourth-order valence-electron chi connectivity index (χ4n) is 2.29. The predicted molar refractivity (Wildman–Crippen MR) is 74.2 cm³/mol. The monoisotopic (exact) mass is 284 g/mol. The summed E-state index contributed by atoms with van der Waals surface area (Å²) in [5.41, 5.74) is 0. The molecule has 0 aromatic heterocycles. The molecule has 1 rings (SSSR count). The van der Waals surface area contributed by atoms with Crippen molar-refractivity contribution in [3.8, 4) is 0 Å². The van der Waals surface area contributed by atoms with Crippen molar-refractivity contribution in [3.05, 3.63) is 0 Å². The Morgan fingerprint density at radius 3 is 2.55 bits per heavy atom. The lowest BCUT2D eigenvalue weighted by Gasteiger charge is -2.20. The van der Waals surface area contributed by atoms with Gasteiger partial charge in [0, 0.05) is 25.9 Å². The van der Waals surface area contributed by atoms with Gasteiger partial charge >= 0.3 is 12.0 Å². The molecule has 0 aliphatic carbocycles. The number of imide groups is 1. The number of carbonyl (C=O) groups is 3. The number of aliphatic carboxylic acids is 1. The molecule has 114 valence electrons. The summed E-state index contributed by atoms with van der Waals surface area (Å²) in [5.74, 6) is -0.558. The zero-order valence-electron chi connectivity index (χ0n) is 12.1. The van der Waals surface area contributed by atoms with Gasteiger partial charge in [-0.3, -0.25) is 14.9 Å². The summed E-state index contributed by atoms with van der Waals surface area (Å²) in [7, 11) is 0. The Kier molecular flexibility index (Phi) is 7.04. The van der Waals surface area contributed by atoms with Crippen LogP contribution >= 0.6 is 0 Å². The fraction of sp³-hybridized carbons (Fsp3) is 0.786. The van der Waals surface area contributed by atoms with Crippen LogP contribution in [0.1, 0.15) is 51.9 Å². The summed E-state index contributed by atoms with van der Waals surface area (Å²) in [6, 6.07) is -0.317. The molecule has 1 unspecified atom stereocenters. The summed E-state index contributed by atoms with van der Waals surface area (Å²) in [5, 5.41) is 10.9. The molecule has 0 radical (unpaired) electrons. The van der Waals surface area contributed by atoms with Crippen molar-refractivity contribution in [2.45, 2.75) is 51.9 Å². The molecule has 1 aliphatic heterocycles. The Morgan fingerprint density at radius 2 is 1.85 bits per heavy atom. The first kappa shape index (κ1) is 16.5. The molecule has 0 saturated carbocycles. The average Bonchev–Trinajstić information content (AvgIpc) is 2.59. The second-order valence-electron chi connectivity index (χ2n) is 5.48. The summed E-state index contributed by atoms with van der Waals surface area (Å²) in [6.07, 6.45) is 4.27. The van der Waals surface area contributed by atoms with Crippen molar-refractivity contribution >= 4 is 17.9 Å². The van der Waals surface area contributed by atoms with Gasteiger partial charge in [-0.05, 0) is 38.0 Å². The minimum Gasteiger partial charge on any atom is -0.481 e. The van der Waals surface area contributed by atoms with Crippen molar-refractivity contribution in [3.63, 3.8) is 0 Å². The molecule has 0 aromatic rings. The standard InChI is InChI=1S/C14H24N2O4/c1-11-5-4-9-16(10-8-11)14(20)15-12(17)6-2-3-7-13(18)19/h11H,2-10H2,1H3,(H,18,19)(H,15,17,20). The molecular formula is C14H24N2O4. The molecule has 1 atom stereocenters. The molecule has 0 spiro atoms. The normalized spacial score (nSPS) is 19.2. The molecular weight excluding hydrogens is 260 g/mol. The van der Waals surface area contributed by atoms with E-state index < -0.39 is 5.97 Å². The van der Waals surface area contributed by atoms with Crippen molar-refractivity contribution in [1.29, 1.82) is 0 Å². The maximum atomic E-state index is 11.9. The fourth-order valence-corrected chi connectivity index (χ4v) is 2.29. The van der Waals surface area contributed by atoms with Crippen LogP contribution in [-0.2, 0) is 9.59 Å². The molecule has 3 amide bonds. The summed E-state index contributed by atoms with van der Waals surface area (Å²) in [6.45, 7) is 3.57. The van der Waals surface area contributed by atoms with Crippen LogP contribution in [0.25, 0.3) is 0 Å². The van der Waals surface area contributed by atoms with E-state index in [1.54, 1.807) is 4.90 Å². The zero-order valence-corrected chi connectivity index (χ0v) is 12.1. The van der Waals surface area contributed by atoms with Crippen LogP contribution in [0.5, 0.6) is 0 Å². The van der Waals surface area contributed by atoms with E-state index >= 15 is 0 Å². The van der Waals surface area contributed by atoms with Gasteiger partial charge in [-0.15, -0.1) is 0 Å².